The molecule has 0 unspecified atom stereocenters. The van der Waals surface area contributed by atoms with Gasteiger partial charge in [-0.05, 0) is 31.2 Å². The summed E-state index contributed by atoms with van der Waals surface area (Å²) in [6.07, 6.45) is 0. The quantitative estimate of drug-likeness (QED) is 0.827. The largest absolute Gasteiger partial charge is 0.313 e. The van der Waals surface area contributed by atoms with Crippen LogP contribution in [0.4, 0.5) is 4.39 Å². The highest BCUT2D eigenvalue weighted by atomic mass is 32.2. The van der Waals surface area contributed by atoms with Crippen LogP contribution in [0, 0.1) is 12.7 Å². The molecule has 0 saturated carbocycles. The van der Waals surface area contributed by atoms with Crippen LogP contribution in [-0.4, -0.2) is 21.5 Å². The Balaban J connectivity index is 3.22. The fourth-order valence-electron chi connectivity index (χ4n) is 1.63. The van der Waals surface area contributed by atoms with Crippen LogP contribution in [0.3, 0.4) is 0 Å². The lowest BCUT2D eigenvalue weighted by Gasteiger charge is -2.11. The number of sulfonamides is 1. The van der Waals surface area contributed by atoms with Gasteiger partial charge in [-0.25, -0.2) is 17.5 Å². The molecule has 102 valence electrons. The van der Waals surface area contributed by atoms with Gasteiger partial charge in [-0.15, -0.1) is 0 Å². The van der Waals surface area contributed by atoms with Crippen LogP contribution >= 0.6 is 0 Å². The van der Waals surface area contributed by atoms with E-state index in [1.807, 2.05) is 6.92 Å². The van der Waals surface area contributed by atoms with Gasteiger partial charge in [-0.1, -0.05) is 13.8 Å². The van der Waals surface area contributed by atoms with Crippen LogP contribution in [0.5, 0.6) is 0 Å². The van der Waals surface area contributed by atoms with Gasteiger partial charge < -0.3 is 5.32 Å². The second-order valence-electron chi connectivity index (χ2n) is 3.98. The third kappa shape index (κ3) is 3.51. The van der Waals surface area contributed by atoms with Crippen molar-refractivity contribution in [2.24, 2.45) is 0 Å². The topological polar surface area (TPSA) is 58.2 Å². The van der Waals surface area contributed by atoms with E-state index in [2.05, 4.69) is 10.0 Å². The molecule has 0 bridgehead atoms. The molecule has 2 N–H and O–H groups in total. The van der Waals surface area contributed by atoms with Crippen molar-refractivity contribution < 1.29 is 12.8 Å². The highest BCUT2D eigenvalue weighted by Crippen LogP contribution is 2.20. The highest BCUT2D eigenvalue weighted by molar-refractivity contribution is 7.89. The van der Waals surface area contributed by atoms with Gasteiger partial charge >= 0.3 is 0 Å². The Morgan fingerprint density at radius 3 is 2.44 bits per heavy atom. The van der Waals surface area contributed by atoms with E-state index in [4.69, 9.17) is 0 Å². The van der Waals surface area contributed by atoms with Crippen molar-refractivity contribution in [2.45, 2.75) is 32.2 Å². The molecule has 4 nitrogen and oxygen atoms in total. The number of hydrogen-bond acceptors (Lipinski definition) is 3. The summed E-state index contributed by atoms with van der Waals surface area (Å²) in [6.45, 7) is 6.55. The molecule has 0 radical (unpaired) electrons. The molecule has 1 aromatic carbocycles. The number of halogens is 1. The Hall–Kier alpha value is -0.980. The highest BCUT2D eigenvalue weighted by Gasteiger charge is 2.19. The lowest BCUT2D eigenvalue weighted by Crippen LogP contribution is -2.24. The monoisotopic (exact) mass is 274 g/mol. The first-order valence-electron chi connectivity index (χ1n) is 5.91. The zero-order valence-electron chi connectivity index (χ0n) is 10.9. The number of nitrogens with one attached hydrogen (secondary N) is 2. The predicted molar refractivity (Wildman–Crippen MR) is 69.4 cm³/mol. The third-order valence-electron chi connectivity index (χ3n) is 2.56. The normalized spacial score (nSPS) is 11.8. The smallest absolute Gasteiger partial charge is 0.240 e. The van der Waals surface area contributed by atoms with Gasteiger partial charge in [-0.3, -0.25) is 0 Å². The lowest BCUT2D eigenvalue weighted by molar-refractivity contribution is 0.574. The summed E-state index contributed by atoms with van der Waals surface area (Å²) >= 11 is 0. The van der Waals surface area contributed by atoms with Crippen LogP contribution in [0.15, 0.2) is 17.0 Å². The molecule has 6 heteroatoms. The minimum absolute atomic E-state index is 0.0113. The van der Waals surface area contributed by atoms with E-state index in [1.165, 1.54) is 19.1 Å². The van der Waals surface area contributed by atoms with Crippen molar-refractivity contribution in [1.82, 2.24) is 10.0 Å². The van der Waals surface area contributed by atoms with E-state index in [0.717, 1.165) is 6.54 Å². The van der Waals surface area contributed by atoms with Gasteiger partial charge in [0.25, 0.3) is 0 Å². The Bertz CT molecular complexity index is 515. The summed E-state index contributed by atoms with van der Waals surface area (Å²) in [5.41, 5.74) is 0.771. The first kappa shape index (κ1) is 15.1. The van der Waals surface area contributed by atoms with E-state index in [-0.39, 0.29) is 17.0 Å². The van der Waals surface area contributed by atoms with E-state index in [1.54, 1.807) is 6.92 Å². The van der Waals surface area contributed by atoms with Crippen molar-refractivity contribution in [2.75, 3.05) is 13.1 Å². The zero-order chi connectivity index (χ0) is 13.8. The molecule has 0 amide bonds. The maximum Gasteiger partial charge on any atom is 0.240 e. The van der Waals surface area contributed by atoms with Crippen molar-refractivity contribution in [3.63, 3.8) is 0 Å². The molecule has 1 aromatic rings. The number of hydrogen-bond donors (Lipinski definition) is 2. The summed E-state index contributed by atoms with van der Waals surface area (Å²) in [5, 5.41) is 3.04. The van der Waals surface area contributed by atoms with Crippen molar-refractivity contribution in [3.8, 4) is 0 Å². The Kier molecular flexibility index (Phi) is 5.25. The van der Waals surface area contributed by atoms with Crippen molar-refractivity contribution in [3.05, 3.63) is 29.1 Å². The molecule has 18 heavy (non-hydrogen) atoms. The summed E-state index contributed by atoms with van der Waals surface area (Å²) in [7, 11) is -3.63. The Labute approximate surface area is 108 Å². The molecule has 0 heterocycles. The van der Waals surface area contributed by atoms with Crippen molar-refractivity contribution in [1.29, 1.82) is 0 Å². The summed E-state index contributed by atoms with van der Waals surface area (Å²) in [4.78, 5) is 0.0113. The van der Waals surface area contributed by atoms with Crippen LogP contribution in [0.2, 0.25) is 0 Å². The van der Waals surface area contributed by atoms with Gasteiger partial charge in [-0.2, -0.15) is 0 Å². The van der Waals surface area contributed by atoms with Crippen LogP contribution in [-0.2, 0) is 16.6 Å². The van der Waals surface area contributed by atoms with Crippen molar-refractivity contribution >= 4 is 10.0 Å². The fourth-order valence-corrected chi connectivity index (χ4v) is 2.97. The molecule has 0 aliphatic heterocycles. The molecule has 1 rings (SSSR count). The summed E-state index contributed by atoms with van der Waals surface area (Å²) in [6, 6.07) is 2.88. The van der Waals surface area contributed by atoms with E-state index in [9.17, 15) is 12.8 Å². The van der Waals surface area contributed by atoms with Gasteiger partial charge in [0.15, 0.2) is 0 Å². The summed E-state index contributed by atoms with van der Waals surface area (Å²) in [5.74, 6) is -0.498. The number of benzene rings is 1. The van der Waals surface area contributed by atoms with E-state index >= 15 is 0 Å². The first-order chi connectivity index (χ1) is 8.42. The second kappa shape index (κ2) is 6.26. The van der Waals surface area contributed by atoms with Gasteiger partial charge in [0, 0.05) is 18.7 Å². The third-order valence-corrected chi connectivity index (χ3v) is 4.23. The molecule has 0 aliphatic rings. The minimum atomic E-state index is -3.63. The molecule has 0 saturated heterocycles. The second-order valence-corrected chi connectivity index (χ2v) is 5.72. The average Bonchev–Trinajstić information content (AvgIpc) is 2.30. The minimum Gasteiger partial charge on any atom is -0.313 e. The van der Waals surface area contributed by atoms with Gasteiger partial charge in [0.1, 0.15) is 5.82 Å². The molecule has 0 aliphatic carbocycles. The van der Waals surface area contributed by atoms with Crippen LogP contribution in [0.1, 0.15) is 25.0 Å². The standard InChI is InChI=1S/C12H19FN2O2S/c1-4-14-8-10-6-11(13)9(3)12(7-10)18(16,17)15-5-2/h6-7,14-15H,4-5,8H2,1-3H3. The zero-order valence-corrected chi connectivity index (χ0v) is 11.7. The van der Waals surface area contributed by atoms with Crippen LogP contribution in [0.25, 0.3) is 0 Å². The Morgan fingerprint density at radius 1 is 1.22 bits per heavy atom. The molecular formula is C12H19FN2O2S. The molecule has 0 spiro atoms. The van der Waals surface area contributed by atoms with Crippen LogP contribution < -0.4 is 10.0 Å². The predicted octanol–water partition coefficient (Wildman–Crippen LogP) is 1.54. The Morgan fingerprint density at radius 2 is 1.89 bits per heavy atom. The maximum absolute atomic E-state index is 13.7. The van der Waals surface area contributed by atoms with E-state index < -0.39 is 15.8 Å². The van der Waals surface area contributed by atoms with Gasteiger partial charge in [0.05, 0.1) is 4.90 Å². The molecule has 0 fully saturated rings. The average molecular weight is 274 g/mol. The SMILES string of the molecule is CCNCc1cc(F)c(C)c(S(=O)(=O)NCC)c1. The number of rotatable bonds is 6. The summed E-state index contributed by atoms with van der Waals surface area (Å²) < 4.78 is 40.0. The molecule has 0 atom stereocenters. The fraction of sp³-hybridized carbons (Fsp3) is 0.500. The first-order valence-corrected chi connectivity index (χ1v) is 7.40. The van der Waals surface area contributed by atoms with E-state index in [0.29, 0.717) is 12.1 Å². The lowest BCUT2D eigenvalue weighted by atomic mass is 10.1. The van der Waals surface area contributed by atoms with Gasteiger partial charge in [0.2, 0.25) is 10.0 Å². The molecule has 0 aromatic heterocycles. The molecular weight excluding hydrogens is 255 g/mol. The maximum atomic E-state index is 13.7.